The highest BCUT2D eigenvalue weighted by atomic mass is 16.1. The number of nitrogens with zero attached hydrogens (tertiary/aromatic N) is 2. The Labute approximate surface area is 111 Å². The van der Waals surface area contributed by atoms with Crippen LogP contribution >= 0.6 is 0 Å². The number of piperazine rings is 3. The van der Waals surface area contributed by atoms with Crippen LogP contribution in [0.15, 0.2) is 23.1 Å². The lowest BCUT2D eigenvalue weighted by Crippen LogP contribution is -2.63. The highest BCUT2D eigenvalue weighted by Gasteiger charge is 2.31. The molecule has 2 N–H and O–H groups in total. The molecule has 19 heavy (non-hydrogen) atoms. The topological polar surface area (TPSA) is 68.4 Å². The smallest absolute Gasteiger partial charge is 0.252 e. The van der Waals surface area contributed by atoms with Crippen LogP contribution in [-0.4, -0.2) is 66.0 Å². The minimum absolute atomic E-state index is 0.131. The van der Waals surface area contributed by atoms with Gasteiger partial charge in [-0.2, -0.15) is 0 Å². The number of fused-ring (bicyclic) bond motifs is 3. The fourth-order valence-corrected chi connectivity index (χ4v) is 2.78. The van der Waals surface area contributed by atoms with Crippen molar-refractivity contribution in [1.82, 2.24) is 20.1 Å². The first-order valence-corrected chi connectivity index (χ1v) is 6.66. The minimum atomic E-state index is -0.194. The van der Waals surface area contributed by atoms with E-state index in [2.05, 4.69) is 20.1 Å². The fraction of sp³-hybridized carbons (Fsp3) is 0.538. The summed E-state index contributed by atoms with van der Waals surface area (Å²) in [5.41, 5.74) is 0.302. The molecule has 3 aliphatic rings. The SMILES string of the molecule is O=C(NCC1CN2CCN1CC2)c1ccc(=O)[nH]c1. The standard InChI is InChI=1S/C13H18N4O2/c18-12-2-1-10(7-14-12)13(19)15-8-11-9-16-3-5-17(11)6-4-16/h1-2,7,11H,3-6,8-9H2,(H,14,18)(H,15,19). The summed E-state index contributed by atoms with van der Waals surface area (Å²) < 4.78 is 0. The van der Waals surface area contributed by atoms with Gasteiger partial charge in [-0.3, -0.25) is 19.4 Å². The molecule has 0 spiro atoms. The number of amides is 1. The lowest BCUT2D eigenvalue weighted by molar-refractivity contribution is 0.0138. The van der Waals surface area contributed by atoms with Gasteiger partial charge in [0.05, 0.1) is 5.56 Å². The summed E-state index contributed by atoms with van der Waals surface area (Å²) in [5.74, 6) is -0.131. The van der Waals surface area contributed by atoms with E-state index in [-0.39, 0.29) is 11.5 Å². The third-order valence-electron chi connectivity index (χ3n) is 3.94. The molecule has 1 aromatic heterocycles. The van der Waals surface area contributed by atoms with Gasteiger partial charge in [0, 0.05) is 57.6 Å². The first-order valence-electron chi connectivity index (χ1n) is 6.66. The lowest BCUT2D eigenvalue weighted by Gasteiger charge is -2.47. The number of hydrogen-bond acceptors (Lipinski definition) is 4. The maximum Gasteiger partial charge on any atom is 0.252 e. The number of hydrogen-bond donors (Lipinski definition) is 2. The highest BCUT2D eigenvalue weighted by molar-refractivity contribution is 5.93. The summed E-state index contributed by atoms with van der Waals surface area (Å²) >= 11 is 0. The molecule has 0 aromatic carbocycles. The number of rotatable bonds is 3. The van der Waals surface area contributed by atoms with Gasteiger partial charge in [0.25, 0.3) is 5.91 Å². The molecule has 6 heteroatoms. The van der Waals surface area contributed by atoms with Crippen LogP contribution in [0.25, 0.3) is 0 Å². The van der Waals surface area contributed by atoms with E-state index in [1.807, 2.05) is 0 Å². The number of pyridine rings is 1. The normalized spacial score (nSPS) is 29.2. The van der Waals surface area contributed by atoms with Gasteiger partial charge < -0.3 is 10.3 Å². The van der Waals surface area contributed by atoms with Gasteiger partial charge in [-0.15, -0.1) is 0 Å². The zero-order chi connectivity index (χ0) is 13.2. The van der Waals surface area contributed by atoms with Gasteiger partial charge in [0.15, 0.2) is 0 Å². The summed E-state index contributed by atoms with van der Waals surface area (Å²) in [6.45, 7) is 6.17. The molecule has 2 bridgehead atoms. The Balaban J connectivity index is 1.56. The lowest BCUT2D eigenvalue weighted by atomic mass is 10.1. The van der Waals surface area contributed by atoms with E-state index in [9.17, 15) is 9.59 Å². The Kier molecular flexibility index (Phi) is 3.35. The van der Waals surface area contributed by atoms with Gasteiger partial charge in [-0.25, -0.2) is 0 Å². The van der Waals surface area contributed by atoms with Gasteiger partial charge in [-0.05, 0) is 6.07 Å². The Morgan fingerprint density at radius 3 is 2.68 bits per heavy atom. The van der Waals surface area contributed by atoms with Crippen LogP contribution in [0.5, 0.6) is 0 Å². The van der Waals surface area contributed by atoms with E-state index in [0.717, 1.165) is 32.7 Å². The monoisotopic (exact) mass is 262 g/mol. The van der Waals surface area contributed by atoms with Crippen molar-refractivity contribution in [3.63, 3.8) is 0 Å². The van der Waals surface area contributed by atoms with Crippen molar-refractivity contribution in [1.29, 1.82) is 0 Å². The van der Waals surface area contributed by atoms with Crippen molar-refractivity contribution in [3.05, 3.63) is 34.2 Å². The summed E-state index contributed by atoms with van der Waals surface area (Å²) in [7, 11) is 0. The number of carbonyl (C=O) groups excluding carboxylic acids is 1. The van der Waals surface area contributed by atoms with Crippen LogP contribution in [0.2, 0.25) is 0 Å². The zero-order valence-electron chi connectivity index (χ0n) is 10.8. The van der Waals surface area contributed by atoms with Crippen LogP contribution in [-0.2, 0) is 0 Å². The van der Waals surface area contributed by atoms with E-state index in [1.54, 1.807) is 6.07 Å². The van der Waals surface area contributed by atoms with Gasteiger partial charge in [0.2, 0.25) is 5.56 Å². The third kappa shape index (κ3) is 2.69. The number of aromatic nitrogens is 1. The molecule has 6 nitrogen and oxygen atoms in total. The molecule has 0 aliphatic carbocycles. The van der Waals surface area contributed by atoms with Crippen LogP contribution in [0, 0.1) is 0 Å². The molecule has 1 unspecified atom stereocenters. The largest absolute Gasteiger partial charge is 0.350 e. The molecule has 3 aliphatic heterocycles. The first-order chi connectivity index (χ1) is 9.22. The molecule has 0 saturated carbocycles. The van der Waals surface area contributed by atoms with E-state index < -0.39 is 0 Å². The molecule has 1 aromatic rings. The molecule has 102 valence electrons. The van der Waals surface area contributed by atoms with Gasteiger partial charge in [0.1, 0.15) is 0 Å². The van der Waals surface area contributed by atoms with Crippen molar-refractivity contribution >= 4 is 5.91 Å². The number of nitrogens with one attached hydrogen (secondary N) is 2. The fourth-order valence-electron chi connectivity index (χ4n) is 2.78. The Bertz CT molecular complexity index is 499. The average molecular weight is 262 g/mol. The van der Waals surface area contributed by atoms with Crippen LogP contribution in [0.4, 0.5) is 0 Å². The second-order valence-corrected chi connectivity index (χ2v) is 5.14. The number of H-pyrrole nitrogens is 1. The second kappa shape index (κ2) is 5.14. The molecular weight excluding hydrogens is 244 g/mol. The first kappa shape index (κ1) is 12.4. The number of carbonyl (C=O) groups is 1. The molecule has 4 rings (SSSR count). The molecule has 0 radical (unpaired) electrons. The summed E-state index contributed by atoms with van der Waals surface area (Å²) in [6.07, 6.45) is 1.45. The predicted molar refractivity (Wildman–Crippen MR) is 71.2 cm³/mol. The molecule has 3 fully saturated rings. The predicted octanol–water partition coefficient (Wildman–Crippen LogP) is -0.895. The van der Waals surface area contributed by atoms with Gasteiger partial charge >= 0.3 is 0 Å². The molecular formula is C13H18N4O2. The molecule has 1 amide bonds. The van der Waals surface area contributed by atoms with Gasteiger partial charge in [-0.1, -0.05) is 0 Å². The van der Waals surface area contributed by atoms with E-state index in [1.165, 1.54) is 12.3 Å². The van der Waals surface area contributed by atoms with Crippen molar-refractivity contribution in [3.8, 4) is 0 Å². The highest BCUT2D eigenvalue weighted by Crippen LogP contribution is 2.14. The second-order valence-electron chi connectivity index (χ2n) is 5.14. The van der Waals surface area contributed by atoms with Crippen molar-refractivity contribution in [2.45, 2.75) is 6.04 Å². The Morgan fingerprint density at radius 2 is 2.11 bits per heavy atom. The van der Waals surface area contributed by atoms with Crippen molar-refractivity contribution < 1.29 is 4.79 Å². The van der Waals surface area contributed by atoms with Crippen LogP contribution in [0.3, 0.4) is 0 Å². The number of aromatic amines is 1. The van der Waals surface area contributed by atoms with E-state index >= 15 is 0 Å². The Morgan fingerprint density at radius 1 is 1.32 bits per heavy atom. The van der Waals surface area contributed by atoms with E-state index in [0.29, 0.717) is 18.2 Å². The average Bonchev–Trinajstić information content (AvgIpc) is 2.47. The van der Waals surface area contributed by atoms with E-state index in [4.69, 9.17) is 0 Å². The maximum atomic E-state index is 11.9. The Hall–Kier alpha value is -1.66. The molecule has 3 saturated heterocycles. The minimum Gasteiger partial charge on any atom is -0.350 e. The zero-order valence-corrected chi connectivity index (χ0v) is 10.8. The maximum absolute atomic E-state index is 11.9. The van der Waals surface area contributed by atoms with Crippen molar-refractivity contribution in [2.75, 3.05) is 39.3 Å². The molecule has 1 atom stereocenters. The van der Waals surface area contributed by atoms with Crippen LogP contribution in [0.1, 0.15) is 10.4 Å². The third-order valence-corrected chi connectivity index (χ3v) is 3.94. The summed E-state index contributed by atoms with van der Waals surface area (Å²) in [5, 5.41) is 2.94. The quantitative estimate of drug-likeness (QED) is 0.741. The summed E-state index contributed by atoms with van der Waals surface area (Å²) in [4.78, 5) is 30.3. The van der Waals surface area contributed by atoms with Crippen LogP contribution < -0.4 is 10.9 Å². The summed E-state index contributed by atoms with van der Waals surface area (Å²) in [6, 6.07) is 3.33. The van der Waals surface area contributed by atoms with Crippen molar-refractivity contribution in [2.24, 2.45) is 0 Å². The molecule has 4 heterocycles.